The Morgan fingerprint density at radius 2 is 1.75 bits per heavy atom. The maximum Gasteiger partial charge on any atom is 0.329 e. The number of rotatable bonds is 4. The zero-order valence-electron chi connectivity index (χ0n) is 15.4. The SMILES string of the molecule is CC(C)(C)[Si](C)(C)N1C(=O)CC1C(=O)NC1(C(=O)O)CCCCC1. The number of carboxylic acids is 1. The molecule has 0 aromatic carbocycles. The summed E-state index contributed by atoms with van der Waals surface area (Å²) < 4.78 is 1.76. The minimum atomic E-state index is -2.15. The smallest absolute Gasteiger partial charge is 0.329 e. The number of nitrogens with one attached hydrogen (secondary N) is 1. The first-order valence-electron chi connectivity index (χ1n) is 8.80. The number of carboxylic acid groups (broad SMARTS) is 1. The number of hydrogen-bond acceptors (Lipinski definition) is 3. The van der Waals surface area contributed by atoms with Crippen LogP contribution in [-0.2, 0) is 14.4 Å². The standard InChI is InChI=1S/C17H30N2O4Si/c1-16(2,3)24(4,5)19-12(11-13(19)20)14(21)18-17(15(22)23)9-7-6-8-10-17/h12H,6-11H2,1-5H3,(H,18,21)(H,22,23). The molecule has 6 nitrogen and oxygen atoms in total. The van der Waals surface area contributed by atoms with Crippen molar-refractivity contribution in [2.45, 2.75) is 89.0 Å². The van der Waals surface area contributed by atoms with Gasteiger partial charge in [0, 0.05) is 0 Å². The van der Waals surface area contributed by atoms with Gasteiger partial charge in [0.15, 0.2) is 8.24 Å². The highest BCUT2D eigenvalue weighted by atomic mass is 28.3. The van der Waals surface area contributed by atoms with Crippen LogP contribution >= 0.6 is 0 Å². The number of carbonyl (C=O) groups excluding carboxylic acids is 2. The first kappa shape index (κ1) is 19.0. The molecule has 24 heavy (non-hydrogen) atoms. The van der Waals surface area contributed by atoms with Crippen LogP contribution in [0.3, 0.4) is 0 Å². The normalized spacial score (nSPS) is 24.3. The molecule has 0 bridgehead atoms. The molecule has 1 unspecified atom stereocenters. The van der Waals surface area contributed by atoms with Crippen molar-refractivity contribution >= 4 is 26.0 Å². The van der Waals surface area contributed by atoms with E-state index in [1.54, 1.807) is 4.57 Å². The minimum Gasteiger partial charge on any atom is -0.480 e. The average Bonchev–Trinajstić information content (AvgIpc) is 2.43. The molecule has 1 aliphatic carbocycles. The van der Waals surface area contributed by atoms with Crippen molar-refractivity contribution < 1.29 is 19.5 Å². The first-order valence-corrected chi connectivity index (χ1v) is 11.7. The molecule has 2 fully saturated rings. The maximum atomic E-state index is 12.8. The summed E-state index contributed by atoms with van der Waals surface area (Å²) >= 11 is 0. The fourth-order valence-corrected chi connectivity index (χ4v) is 5.98. The number of β-lactam (4-membered cyclic amide) rings is 1. The van der Waals surface area contributed by atoms with E-state index in [-0.39, 0.29) is 23.3 Å². The molecule has 1 heterocycles. The fourth-order valence-electron chi connectivity index (χ4n) is 3.56. The molecule has 0 aromatic heterocycles. The predicted molar refractivity (Wildman–Crippen MR) is 94.0 cm³/mol. The van der Waals surface area contributed by atoms with Gasteiger partial charge in [0.1, 0.15) is 11.6 Å². The summed E-state index contributed by atoms with van der Waals surface area (Å²) in [5, 5.41) is 12.4. The van der Waals surface area contributed by atoms with Crippen LogP contribution in [0.2, 0.25) is 18.1 Å². The van der Waals surface area contributed by atoms with E-state index in [0.717, 1.165) is 19.3 Å². The van der Waals surface area contributed by atoms with Crippen LogP contribution in [0.1, 0.15) is 59.3 Å². The van der Waals surface area contributed by atoms with Gasteiger partial charge in [-0.2, -0.15) is 0 Å². The van der Waals surface area contributed by atoms with Gasteiger partial charge in [-0.15, -0.1) is 0 Å². The molecule has 1 saturated heterocycles. The maximum absolute atomic E-state index is 12.8. The Morgan fingerprint density at radius 3 is 2.17 bits per heavy atom. The van der Waals surface area contributed by atoms with E-state index >= 15 is 0 Å². The lowest BCUT2D eigenvalue weighted by atomic mass is 9.81. The van der Waals surface area contributed by atoms with Crippen LogP contribution in [0.15, 0.2) is 0 Å². The van der Waals surface area contributed by atoms with Gasteiger partial charge in [-0.25, -0.2) is 4.79 Å². The second-order valence-electron chi connectivity index (χ2n) is 8.73. The average molecular weight is 355 g/mol. The van der Waals surface area contributed by atoms with Gasteiger partial charge in [-0.05, 0) is 17.9 Å². The highest BCUT2D eigenvalue weighted by Gasteiger charge is 2.55. The number of nitrogens with zero attached hydrogens (tertiary/aromatic N) is 1. The summed E-state index contributed by atoms with van der Waals surface area (Å²) in [5.41, 5.74) is -1.16. The monoisotopic (exact) mass is 354 g/mol. The summed E-state index contributed by atoms with van der Waals surface area (Å²) in [6, 6.07) is -0.517. The lowest BCUT2D eigenvalue weighted by Gasteiger charge is -2.54. The Hall–Kier alpha value is -1.37. The van der Waals surface area contributed by atoms with E-state index in [0.29, 0.717) is 12.8 Å². The molecule has 0 radical (unpaired) electrons. The van der Waals surface area contributed by atoms with E-state index in [4.69, 9.17) is 0 Å². The molecular weight excluding hydrogens is 324 g/mol. The Kier molecular flexibility index (Phi) is 4.87. The highest BCUT2D eigenvalue weighted by molar-refractivity contribution is 6.80. The third kappa shape index (κ3) is 3.10. The quantitative estimate of drug-likeness (QED) is 0.600. The van der Waals surface area contributed by atoms with E-state index in [1.807, 2.05) is 0 Å². The van der Waals surface area contributed by atoms with Crippen molar-refractivity contribution in [1.29, 1.82) is 0 Å². The van der Waals surface area contributed by atoms with Crippen LogP contribution in [0.5, 0.6) is 0 Å². The Morgan fingerprint density at radius 1 is 1.21 bits per heavy atom. The summed E-state index contributed by atoms with van der Waals surface area (Å²) in [6.45, 7) is 10.5. The van der Waals surface area contributed by atoms with Gasteiger partial charge >= 0.3 is 5.97 Å². The second kappa shape index (κ2) is 6.17. The largest absolute Gasteiger partial charge is 0.480 e. The van der Waals surface area contributed by atoms with Crippen LogP contribution in [0.4, 0.5) is 0 Å². The molecule has 1 atom stereocenters. The molecule has 0 spiro atoms. The molecule has 136 valence electrons. The first-order chi connectivity index (χ1) is 10.9. The summed E-state index contributed by atoms with van der Waals surface area (Å²) in [6.07, 6.45) is 3.74. The molecule has 1 saturated carbocycles. The number of aliphatic carboxylic acids is 1. The molecule has 2 aliphatic rings. The van der Waals surface area contributed by atoms with Crippen molar-refractivity contribution in [3.63, 3.8) is 0 Å². The van der Waals surface area contributed by atoms with Gasteiger partial charge in [-0.1, -0.05) is 53.1 Å². The molecule has 2 amide bonds. The summed E-state index contributed by atoms with van der Waals surface area (Å²) in [5.74, 6) is -1.25. The fraction of sp³-hybridized carbons (Fsp3) is 0.824. The number of carbonyl (C=O) groups is 3. The Labute approximate surface area is 145 Å². The molecule has 0 aromatic rings. The zero-order valence-corrected chi connectivity index (χ0v) is 16.4. The van der Waals surface area contributed by atoms with Gasteiger partial charge in [-0.3, -0.25) is 9.59 Å². The molecule has 1 aliphatic heterocycles. The van der Waals surface area contributed by atoms with Gasteiger partial charge in [0.25, 0.3) is 0 Å². The lowest BCUT2D eigenvalue weighted by molar-refractivity contribution is -0.153. The summed E-state index contributed by atoms with van der Waals surface area (Å²) in [4.78, 5) is 36.8. The Balaban J connectivity index is 2.17. The van der Waals surface area contributed by atoms with Crippen molar-refractivity contribution in [3.05, 3.63) is 0 Å². The van der Waals surface area contributed by atoms with Crippen LogP contribution < -0.4 is 5.32 Å². The van der Waals surface area contributed by atoms with Crippen LogP contribution in [-0.4, -0.2) is 47.3 Å². The third-order valence-electron chi connectivity index (χ3n) is 6.17. The van der Waals surface area contributed by atoms with Crippen LogP contribution in [0, 0.1) is 0 Å². The predicted octanol–water partition coefficient (Wildman–Crippen LogP) is 2.50. The number of hydrogen-bond donors (Lipinski definition) is 2. The van der Waals surface area contributed by atoms with Crippen LogP contribution in [0.25, 0.3) is 0 Å². The molecule has 7 heteroatoms. The summed E-state index contributed by atoms with van der Waals surface area (Å²) in [7, 11) is -2.15. The topological polar surface area (TPSA) is 86.7 Å². The molecule has 2 N–H and O–H groups in total. The van der Waals surface area contributed by atoms with Crippen molar-refractivity contribution in [2.24, 2.45) is 0 Å². The molecular formula is C17H30N2O4Si. The van der Waals surface area contributed by atoms with E-state index in [1.165, 1.54) is 0 Å². The Bertz CT molecular complexity index is 547. The van der Waals surface area contributed by atoms with E-state index < -0.39 is 25.8 Å². The molecule has 2 rings (SSSR count). The zero-order chi connectivity index (χ0) is 18.3. The third-order valence-corrected chi connectivity index (χ3v) is 11.6. The van der Waals surface area contributed by atoms with Crippen molar-refractivity contribution in [1.82, 2.24) is 9.88 Å². The van der Waals surface area contributed by atoms with Crippen molar-refractivity contribution in [3.8, 4) is 0 Å². The van der Waals surface area contributed by atoms with E-state index in [2.05, 4.69) is 39.2 Å². The highest BCUT2D eigenvalue weighted by Crippen LogP contribution is 2.43. The van der Waals surface area contributed by atoms with E-state index in [9.17, 15) is 19.5 Å². The number of amides is 2. The second-order valence-corrected chi connectivity index (χ2v) is 13.8. The van der Waals surface area contributed by atoms with Gasteiger partial charge in [0.2, 0.25) is 11.8 Å². The lowest BCUT2D eigenvalue weighted by Crippen LogP contribution is -2.73. The van der Waals surface area contributed by atoms with Gasteiger partial charge in [0.05, 0.1) is 6.42 Å². The van der Waals surface area contributed by atoms with Gasteiger partial charge < -0.3 is 15.0 Å². The van der Waals surface area contributed by atoms with Crippen molar-refractivity contribution in [2.75, 3.05) is 0 Å². The minimum absolute atomic E-state index is 0.00904.